The number of carbonyl (C=O) groups is 2. The van der Waals surface area contributed by atoms with Crippen molar-refractivity contribution in [3.05, 3.63) is 0 Å². The Balaban J connectivity index is 2.97. The fourth-order valence-corrected chi connectivity index (χ4v) is 2.56. The van der Waals surface area contributed by atoms with Gasteiger partial charge in [-0.2, -0.15) is 12.6 Å². The van der Waals surface area contributed by atoms with Crippen LogP contribution in [0, 0.1) is 0 Å². The predicted molar refractivity (Wildman–Crippen MR) is 60.1 cm³/mol. The Morgan fingerprint density at radius 3 is 2.67 bits per heavy atom. The van der Waals surface area contributed by atoms with Crippen LogP contribution in [-0.2, 0) is 9.59 Å². The highest BCUT2D eigenvalue weighted by atomic mass is 32.1. The average Bonchev–Trinajstić information content (AvgIpc) is 2.62. The van der Waals surface area contributed by atoms with Gasteiger partial charge in [0.05, 0.1) is 0 Å². The van der Waals surface area contributed by atoms with E-state index in [1.54, 1.807) is 4.90 Å². The van der Waals surface area contributed by atoms with E-state index in [9.17, 15) is 14.7 Å². The molecular weight excluding hydrogens is 214 g/mol. The summed E-state index contributed by atoms with van der Waals surface area (Å²) in [6.07, 6.45) is 2.19. The Hall–Kier alpha value is -0.550. The Labute approximate surface area is 95.1 Å². The van der Waals surface area contributed by atoms with Crippen LogP contribution in [0.4, 0.5) is 0 Å². The molecule has 0 unspecified atom stereocenters. The van der Waals surface area contributed by atoms with Crippen molar-refractivity contribution >= 4 is 24.4 Å². The number of hydrogen-bond acceptors (Lipinski definition) is 4. The Morgan fingerprint density at radius 2 is 2.20 bits per heavy atom. The summed E-state index contributed by atoms with van der Waals surface area (Å²) in [6.45, 7) is 2.53. The van der Waals surface area contributed by atoms with Crippen molar-refractivity contribution in [2.75, 3.05) is 12.4 Å². The van der Waals surface area contributed by atoms with E-state index >= 15 is 0 Å². The monoisotopic (exact) mass is 231 g/mol. The van der Waals surface area contributed by atoms with Crippen LogP contribution in [0.2, 0.25) is 0 Å². The number of rotatable bonds is 5. The van der Waals surface area contributed by atoms with Gasteiger partial charge in [0.1, 0.15) is 0 Å². The lowest BCUT2D eigenvalue weighted by Gasteiger charge is -2.31. The van der Waals surface area contributed by atoms with Gasteiger partial charge in [0.25, 0.3) is 0 Å². The number of hydrogen-bond donors (Lipinski definition) is 2. The van der Waals surface area contributed by atoms with E-state index in [2.05, 4.69) is 12.6 Å². The average molecular weight is 231 g/mol. The largest absolute Gasteiger partial charge is 0.480 e. The quantitative estimate of drug-likeness (QED) is 0.551. The molecule has 1 heterocycles. The van der Waals surface area contributed by atoms with Crippen molar-refractivity contribution in [3.8, 4) is 0 Å². The molecule has 0 amide bonds. The summed E-state index contributed by atoms with van der Waals surface area (Å²) >= 11 is 4.10. The highest BCUT2D eigenvalue weighted by molar-refractivity contribution is 7.80. The van der Waals surface area contributed by atoms with Gasteiger partial charge in [-0.05, 0) is 19.3 Å². The van der Waals surface area contributed by atoms with Crippen LogP contribution in [-0.4, -0.2) is 39.7 Å². The predicted octanol–water partition coefficient (Wildman–Crippen LogP) is 1.16. The number of carbonyl (C=O) groups excluding carboxylic acids is 1. The highest BCUT2D eigenvalue weighted by Gasteiger charge is 2.52. The Morgan fingerprint density at radius 1 is 1.53 bits per heavy atom. The van der Waals surface area contributed by atoms with E-state index in [-0.39, 0.29) is 5.78 Å². The molecule has 4 nitrogen and oxygen atoms in total. The Kier molecular flexibility index (Phi) is 4.16. The van der Waals surface area contributed by atoms with Gasteiger partial charge < -0.3 is 5.11 Å². The smallest absolute Gasteiger partial charge is 0.331 e. The van der Waals surface area contributed by atoms with Gasteiger partial charge in [0.15, 0.2) is 11.3 Å². The van der Waals surface area contributed by atoms with E-state index in [0.29, 0.717) is 31.7 Å². The minimum atomic E-state index is -1.29. The fourth-order valence-electron chi connectivity index (χ4n) is 2.18. The molecule has 1 rings (SSSR count). The third-order valence-corrected chi connectivity index (χ3v) is 3.31. The minimum absolute atomic E-state index is 0.177. The first-order valence-electron chi connectivity index (χ1n) is 5.22. The molecule has 1 saturated heterocycles. The molecule has 0 aromatic rings. The van der Waals surface area contributed by atoms with Crippen LogP contribution in [0.15, 0.2) is 0 Å². The van der Waals surface area contributed by atoms with Gasteiger partial charge in [-0.3, -0.25) is 9.69 Å². The number of aliphatic carboxylic acids is 1. The zero-order chi connectivity index (χ0) is 11.5. The van der Waals surface area contributed by atoms with Crippen molar-refractivity contribution in [1.29, 1.82) is 0 Å². The van der Waals surface area contributed by atoms with Crippen molar-refractivity contribution in [1.82, 2.24) is 4.90 Å². The first-order valence-corrected chi connectivity index (χ1v) is 5.85. The fraction of sp³-hybridized carbons (Fsp3) is 0.800. The van der Waals surface area contributed by atoms with Crippen LogP contribution < -0.4 is 0 Å². The Bertz CT molecular complexity index is 269. The summed E-state index contributed by atoms with van der Waals surface area (Å²) in [6, 6.07) is 0. The lowest BCUT2D eigenvalue weighted by Crippen LogP contribution is -2.56. The summed E-state index contributed by atoms with van der Waals surface area (Å²) in [4.78, 5) is 24.9. The van der Waals surface area contributed by atoms with Crippen molar-refractivity contribution < 1.29 is 14.7 Å². The maximum absolute atomic E-state index is 11.9. The first-order chi connectivity index (χ1) is 7.09. The van der Waals surface area contributed by atoms with Crippen LogP contribution in [0.25, 0.3) is 0 Å². The summed E-state index contributed by atoms with van der Waals surface area (Å²) in [7, 11) is 0. The molecule has 86 valence electrons. The molecule has 0 saturated carbocycles. The number of carboxylic acid groups (broad SMARTS) is 1. The molecule has 1 atom stereocenters. The van der Waals surface area contributed by atoms with Crippen LogP contribution in [0.3, 0.4) is 0 Å². The second kappa shape index (κ2) is 4.99. The topological polar surface area (TPSA) is 57.6 Å². The minimum Gasteiger partial charge on any atom is -0.480 e. The molecule has 0 aromatic carbocycles. The first kappa shape index (κ1) is 12.5. The zero-order valence-corrected chi connectivity index (χ0v) is 9.80. The maximum Gasteiger partial charge on any atom is 0.331 e. The van der Waals surface area contributed by atoms with Crippen LogP contribution >= 0.6 is 12.6 Å². The maximum atomic E-state index is 11.9. The number of likely N-dealkylation sites (tertiary alicyclic amines) is 1. The third kappa shape index (κ3) is 2.03. The van der Waals surface area contributed by atoms with E-state index in [4.69, 9.17) is 0 Å². The van der Waals surface area contributed by atoms with Gasteiger partial charge in [0, 0.05) is 18.8 Å². The normalized spacial score (nSPS) is 26.8. The number of thiol groups is 1. The van der Waals surface area contributed by atoms with Crippen molar-refractivity contribution in [3.63, 3.8) is 0 Å². The zero-order valence-electron chi connectivity index (χ0n) is 8.90. The van der Waals surface area contributed by atoms with Gasteiger partial charge >= 0.3 is 5.97 Å². The van der Waals surface area contributed by atoms with E-state index in [1.165, 1.54) is 0 Å². The second-order valence-corrected chi connectivity index (χ2v) is 4.13. The van der Waals surface area contributed by atoms with E-state index < -0.39 is 11.5 Å². The lowest BCUT2D eigenvalue weighted by atomic mass is 9.88. The molecule has 1 N–H and O–H groups in total. The molecule has 0 aromatic heterocycles. The molecule has 0 aliphatic carbocycles. The molecule has 1 fully saturated rings. The molecular formula is C10H17NO3S. The molecule has 15 heavy (non-hydrogen) atoms. The number of carboxylic acids is 1. The highest BCUT2D eigenvalue weighted by Crippen LogP contribution is 2.32. The van der Waals surface area contributed by atoms with Crippen LogP contribution in [0.5, 0.6) is 0 Å². The van der Waals surface area contributed by atoms with E-state index in [0.717, 1.165) is 6.42 Å². The van der Waals surface area contributed by atoms with Crippen molar-refractivity contribution in [2.45, 2.75) is 38.1 Å². The lowest BCUT2D eigenvalue weighted by molar-refractivity contribution is -0.155. The summed E-state index contributed by atoms with van der Waals surface area (Å²) in [5.74, 6) is -0.876. The third-order valence-electron chi connectivity index (χ3n) is 2.97. The SMILES string of the molecule is CCCC(=O)[C@@]1(C(=O)O)CCCN1CS. The molecule has 0 spiro atoms. The number of nitrogens with zero attached hydrogens (tertiary/aromatic N) is 1. The van der Waals surface area contributed by atoms with Gasteiger partial charge in [0.2, 0.25) is 0 Å². The van der Waals surface area contributed by atoms with Gasteiger partial charge in [-0.1, -0.05) is 6.92 Å². The van der Waals surface area contributed by atoms with Gasteiger partial charge in [-0.25, -0.2) is 4.79 Å². The number of Topliss-reactive ketones (excluding diaryl/α,β-unsaturated/α-hetero) is 1. The molecule has 0 radical (unpaired) electrons. The number of ketones is 1. The summed E-state index contributed by atoms with van der Waals surface area (Å²) in [5.41, 5.74) is -1.29. The molecule has 5 heteroatoms. The molecule has 1 aliphatic heterocycles. The summed E-state index contributed by atoms with van der Waals surface area (Å²) in [5, 5.41) is 9.27. The summed E-state index contributed by atoms with van der Waals surface area (Å²) < 4.78 is 0. The second-order valence-electron chi connectivity index (χ2n) is 3.85. The van der Waals surface area contributed by atoms with Gasteiger partial charge in [-0.15, -0.1) is 0 Å². The van der Waals surface area contributed by atoms with Crippen molar-refractivity contribution in [2.24, 2.45) is 0 Å². The standard InChI is InChI=1S/C10H17NO3S/c1-2-4-8(12)10(9(13)14)5-3-6-11(10)7-15/h15H,2-7H2,1H3,(H,13,14)/t10-/m1/s1. The molecule has 0 bridgehead atoms. The van der Waals surface area contributed by atoms with Crippen LogP contribution in [0.1, 0.15) is 32.6 Å². The molecule has 1 aliphatic rings. The van der Waals surface area contributed by atoms with E-state index in [1.807, 2.05) is 6.92 Å².